The Morgan fingerprint density at radius 2 is 2.00 bits per heavy atom. The van der Waals surface area contributed by atoms with E-state index in [1.54, 1.807) is 6.07 Å². The van der Waals surface area contributed by atoms with E-state index in [9.17, 15) is 18.7 Å². The molecule has 0 saturated carbocycles. The zero-order valence-corrected chi connectivity index (χ0v) is 13.0. The number of hydrogen-bond acceptors (Lipinski definition) is 4. The lowest BCUT2D eigenvalue weighted by molar-refractivity contribution is -0.385. The molecule has 1 atom stereocenters. The van der Waals surface area contributed by atoms with E-state index in [1.165, 1.54) is 24.3 Å². The third-order valence-electron chi connectivity index (χ3n) is 2.73. The summed E-state index contributed by atoms with van der Waals surface area (Å²) in [6, 6.07) is 8.26. The summed E-state index contributed by atoms with van der Waals surface area (Å²) in [6.07, 6.45) is 0. The lowest BCUT2D eigenvalue weighted by Crippen LogP contribution is -2.03. The van der Waals surface area contributed by atoms with E-state index in [4.69, 9.17) is 5.73 Å². The number of hydrogen-bond donors (Lipinski definition) is 1. The highest BCUT2D eigenvalue weighted by Crippen LogP contribution is 2.26. The van der Waals surface area contributed by atoms with Crippen molar-refractivity contribution in [2.24, 2.45) is 0 Å². The van der Waals surface area contributed by atoms with Crippen LogP contribution in [-0.4, -0.2) is 9.13 Å². The normalized spacial score (nSPS) is 12.1. The van der Waals surface area contributed by atoms with Gasteiger partial charge in [-0.3, -0.25) is 14.3 Å². The van der Waals surface area contributed by atoms with E-state index >= 15 is 0 Å². The largest absolute Gasteiger partial charge is 0.399 e. The van der Waals surface area contributed by atoms with Gasteiger partial charge in [0.15, 0.2) is 0 Å². The predicted molar refractivity (Wildman–Crippen MR) is 81.7 cm³/mol. The average Bonchev–Trinajstić information content (AvgIpc) is 2.40. The molecule has 0 bridgehead atoms. The second kappa shape index (κ2) is 6.31. The van der Waals surface area contributed by atoms with Crippen molar-refractivity contribution < 1.29 is 13.5 Å². The fourth-order valence-electron chi connectivity index (χ4n) is 1.75. The molecule has 2 N–H and O–H groups in total. The lowest BCUT2D eigenvalue weighted by Gasteiger charge is -2.06. The van der Waals surface area contributed by atoms with Gasteiger partial charge in [0.1, 0.15) is 5.82 Å². The Hall–Kier alpha value is -1.80. The van der Waals surface area contributed by atoms with Gasteiger partial charge in [0.25, 0.3) is 5.69 Å². The van der Waals surface area contributed by atoms with Gasteiger partial charge in [-0.15, -0.1) is 0 Å². The summed E-state index contributed by atoms with van der Waals surface area (Å²) in [6.45, 7) is 0. The SMILES string of the molecule is Nc1ccc(S(=O)Cc2ccc(Br)cc2[N+](=O)[O-])c(F)c1. The Labute approximate surface area is 130 Å². The zero-order valence-electron chi connectivity index (χ0n) is 10.6. The minimum atomic E-state index is -1.74. The molecule has 0 aromatic heterocycles. The van der Waals surface area contributed by atoms with Crippen molar-refractivity contribution in [2.45, 2.75) is 10.6 Å². The van der Waals surface area contributed by atoms with Crippen LogP contribution >= 0.6 is 15.9 Å². The minimum absolute atomic E-state index is 0.0265. The first kappa shape index (κ1) is 15.6. The average molecular weight is 373 g/mol. The van der Waals surface area contributed by atoms with Crippen molar-refractivity contribution in [3.8, 4) is 0 Å². The van der Waals surface area contributed by atoms with Gasteiger partial charge in [0.05, 0.1) is 26.4 Å². The van der Waals surface area contributed by atoms with Crippen molar-refractivity contribution in [3.05, 3.63) is 62.4 Å². The van der Waals surface area contributed by atoms with Crippen LogP contribution in [0, 0.1) is 15.9 Å². The van der Waals surface area contributed by atoms with E-state index in [1.807, 2.05) is 0 Å². The highest BCUT2D eigenvalue weighted by Gasteiger charge is 2.18. The smallest absolute Gasteiger partial charge is 0.274 e. The van der Waals surface area contributed by atoms with Gasteiger partial charge < -0.3 is 5.73 Å². The number of rotatable bonds is 4. The molecule has 2 rings (SSSR count). The summed E-state index contributed by atoms with van der Waals surface area (Å²) >= 11 is 3.14. The Morgan fingerprint density at radius 3 is 2.62 bits per heavy atom. The maximum atomic E-state index is 13.7. The standard InChI is InChI=1S/C13H10BrFN2O3S/c14-9-2-1-8(12(5-9)17(18)19)7-21(20)13-4-3-10(16)6-11(13)15/h1-6H,7,16H2. The molecular weight excluding hydrogens is 363 g/mol. The van der Waals surface area contributed by atoms with Crippen LogP contribution in [0.15, 0.2) is 45.8 Å². The second-order valence-electron chi connectivity index (χ2n) is 4.21. The van der Waals surface area contributed by atoms with Crippen LogP contribution < -0.4 is 5.73 Å². The maximum Gasteiger partial charge on any atom is 0.274 e. The van der Waals surface area contributed by atoms with Crippen LogP contribution in [0.25, 0.3) is 0 Å². The van der Waals surface area contributed by atoms with E-state index in [0.717, 1.165) is 6.07 Å². The number of benzene rings is 2. The van der Waals surface area contributed by atoms with Gasteiger partial charge in [0, 0.05) is 21.8 Å². The number of nitrogen functional groups attached to an aromatic ring is 1. The van der Waals surface area contributed by atoms with Gasteiger partial charge in [-0.1, -0.05) is 22.0 Å². The molecule has 2 aromatic rings. The third-order valence-corrected chi connectivity index (χ3v) is 4.62. The quantitative estimate of drug-likeness (QED) is 0.506. The van der Waals surface area contributed by atoms with Crippen molar-refractivity contribution in [2.75, 3.05) is 5.73 Å². The Kier molecular flexibility index (Phi) is 4.69. The number of nitro groups is 1. The van der Waals surface area contributed by atoms with Gasteiger partial charge >= 0.3 is 0 Å². The van der Waals surface area contributed by atoms with Crippen LogP contribution in [0.3, 0.4) is 0 Å². The van der Waals surface area contributed by atoms with Gasteiger partial charge in [-0.25, -0.2) is 4.39 Å². The molecule has 0 aliphatic carbocycles. The van der Waals surface area contributed by atoms with E-state index in [-0.39, 0.29) is 27.6 Å². The first-order valence-corrected chi connectivity index (χ1v) is 7.86. The number of anilines is 1. The summed E-state index contributed by atoms with van der Waals surface area (Å²) < 4.78 is 26.5. The van der Waals surface area contributed by atoms with Crippen LogP contribution in [0.5, 0.6) is 0 Å². The van der Waals surface area contributed by atoms with Crippen LogP contribution in [0.1, 0.15) is 5.56 Å². The molecule has 0 fully saturated rings. The predicted octanol–water partition coefficient (Wildman–Crippen LogP) is 3.39. The molecule has 110 valence electrons. The molecule has 2 aromatic carbocycles. The summed E-state index contributed by atoms with van der Waals surface area (Å²) in [5.74, 6) is -0.835. The van der Waals surface area contributed by atoms with E-state index in [2.05, 4.69) is 15.9 Å². The molecule has 1 unspecified atom stereocenters. The monoisotopic (exact) mass is 372 g/mol. The number of nitro benzene ring substituents is 1. The highest BCUT2D eigenvalue weighted by molar-refractivity contribution is 9.10. The topological polar surface area (TPSA) is 86.2 Å². The highest BCUT2D eigenvalue weighted by atomic mass is 79.9. The molecule has 8 heteroatoms. The van der Waals surface area contributed by atoms with Crippen LogP contribution in [0.2, 0.25) is 0 Å². The second-order valence-corrected chi connectivity index (χ2v) is 6.55. The van der Waals surface area contributed by atoms with E-state index < -0.39 is 21.5 Å². The maximum absolute atomic E-state index is 13.7. The Morgan fingerprint density at radius 1 is 1.29 bits per heavy atom. The Balaban J connectivity index is 2.34. The van der Waals surface area contributed by atoms with Gasteiger partial charge in [0.2, 0.25) is 0 Å². The first-order chi connectivity index (χ1) is 9.88. The van der Waals surface area contributed by atoms with Crippen molar-refractivity contribution in [3.63, 3.8) is 0 Å². The summed E-state index contributed by atoms with van der Waals surface area (Å²) in [4.78, 5) is 10.4. The number of halogens is 2. The molecule has 0 heterocycles. The number of nitrogens with two attached hydrogens (primary N) is 1. The lowest BCUT2D eigenvalue weighted by atomic mass is 10.2. The molecule has 0 aliphatic rings. The molecule has 5 nitrogen and oxygen atoms in total. The summed E-state index contributed by atoms with van der Waals surface area (Å²) in [5.41, 5.74) is 5.77. The fourth-order valence-corrected chi connectivity index (χ4v) is 3.28. The van der Waals surface area contributed by atoms with E-state index in [0.29, 0.717) is 4.47 Å². The summed E-state index contributed by atoms with van der Waals surface area (Å²) in [5, 5.41) is 11.0. The molecule has 0 spiro atoms. The third kappa shape index (κ3) is 3.64. The van der Waals surface area contributed by atoms with Crippen molar-refractivity contribution in [1.29, 1.82) is 0 Å². The van der Waals surface area contributed by atoms with Gasteiger partial charge in [-0.05, 0) is 24.3 Å². The minimum Gasteiger partial charge on any atom is -0.399 e. The van der Waals surface area contributed by atoms with Crippen molar-refractivity contribution >= 4 is 38.1 Å². The molecular formula is C13H10BrFN2O3S. The van der Waals surface area contributed by atoms with Crippen molar-refractivity contribution in [1.82, 2.24) is 0 Å². The summed E-state index contributed by atoms with van der Waals surface area (Å²) in [7, 11) is -1.74. The van der Waals surface area contributed by atoms with Crippen LogP contribution in [0.4, 0.5) is 15.8 Å². The molecule has 0 saturated heterocycles. The number of nitrogens with zero attached hydrogens (tertiary/aromatic N) is 1. The van der Waals surface area contributed by atoms with Gasteiger partial charge in [-0.2, -0.15) is 0 Å². The fraction of sp³-hybridized carbons (Fsp3) is 0.0769. The first-order valence-electron chi connectivity index (χ1n) is 5.74. The molecule has 21 heavy (non-hydrogen) atoms. The molecule has 0 aliphatic heterocycles. The zero-order chi connectivity index (χ0) is 15.6. The Bertz CT molecular complexity index is 739. The molecule has 0 amide bonds. The molecule has 0 radical (unpaired) electrons. The van der Waals surface area contributed by atoms with Crippen LogP contribution in [-0.2, 0) is 16.6 Å².